The van der Waals surface area contributed by atoms with E-state index in [1.165, 1.54) is 15.6 Å². The van der Waals surface area contributed by atoms with Crippen molar-refractivity contribution in [1.29, 1.82) is 0 Å². The number of hydrogen-bond donors (Lipinski definition) is 1. The minimum absolute atomic E-state index is 0.0900. The van der Waals surface area contributed by atoms with Gasteiger partial charge in [0.1, 0.15) is 4.21 Å². The van der Waals surface area contributed by atoms with E-state index in [2.05, 4.69) is 5.32 Å². The zero-order valence-electron chi connectivity index (χ0n) is 10.1. The van der Waals surface area contributed by atoms with E-state index in [0.29, 0.717) is 4.21 Å². The predicted octanol–water partition coefficient (Wildman–Crippen LogP) is 1.29. The van der Waals surface area contributed by atoms with Gasteiger partial charge in [-0.25, -0.2) is 8.42 Å². The highest BCUT2D eigenvalue weighted by Crippen LogP contribution is 2.26. The van der Waals surface area contributed by atoms with Gasteiger partial charge in [-0.2, -0.15) is 4.31 Å². The molecule has 1 aliphatic rings. The van der Waals surface area contributed by atoms with Gasteiger partial charge in [0.05, 0.1) is 0 Å². The topological polar surface area (TPSA) is 49.4 Å². The van der Waals surface area contributed by atoms with Crippen molar-refractivity contribution < 1.29 is 8.42 Å². The lowest BCUT2D eigenvalue weighted by Crippen LogP contribution is -2.37. The van der Waals surface area contributed by atoms with E-state index in [1.54, 1.807) is 13.1 Å². The van der Waals surface area contributed by atoms with Crippen LogP contribution in [-0.2, 0) is 16.4 Å². The standard InChI is InChI=1S/C11H18N2O2S2/c1-3-10-4-5-11(16-10)17(14,15)13(2)9-6-7-12-8-9/h4-5,9,12H,3,6-8H2,1-2H3. The fraction of sp³-hybridized carbons (Fsp3) is 0.636. The highest BCUT2D eigenvalue weighted by molar-refractivity contribution is 7.91. The van der Waals surface area contributed by atoms with Crippen molar-refractivity contribution in [2.45, 2.75) is 30.0 Å². The molecule has 1 fully saturated rings. The quantitative estimate of drug-likeness (QED) is 0.900. The fourth-order valence-corrected chi connectivity index (χ4v) is 4.84. The van der Waals surface area contributed by atoms with Gasteiger partial charge in [0.15, 0.2) is 0 Å². The zero-order valence-corrected chi connectivity index (χ0v) is 11.8. The number of rotatable bonds is 4. The number of thiophene rings is 1. The Labute approximate surface area is 107 Å². The summed E-state index contributed by atoms with van der Waals surface area (Å²) in [6, 6.07) is 3.71. The maximum absolute atomic E-state index is 12.4. The largest absolute Gasteiger partial charge is 0.315 e. The number of hydrogen-bond acceptors (Lipinski definition) is 4. The first-order valence-corrected chi connectivity index (χ1v) is 8.09. The molecule has 1 aromatic rings. The third-order valence-corrected chi connectivity index (χ3v) is 6.77. The number of nitrogens with zero attached hydrogens (tertiary/aromatic N) is 1. The van der Waals surface area contributed by atoms with Crippen molar-refractivity contribution in [2.24, 2.45) is 0 Å². The molecule has 0 radical (unpaired) electrons. The van der Waals surface area contributed by atoms with Gasteiger partial charge in [0.2, 0.25) is 0 Å². The predicted molar refractivity (Wildman–Crippen MR) is 69.9 cm³/mol. The lowest BCUT2D eigenvalue weighted by molar-refractivity contribution is 0.389. The molecule has 2 heterocycles. The molecular formula is C11H18N2O2S2. The maximum Gasteiger partial charge on any atom is 0.252 e. The first-order chi connectivity index (χ1) is 8.05. The zero-order chi connectivity index (χ0) is 12.5. The third-order valence-electron chi connectivity index (χ3n) is 3.17. The van der Waals surface area contributed by atoms with Gasteiger partial charge < -0.3 is 5.32 Å². The summed E-state index contributed by atoms with van der Waals surface area (Å²) in [5, 5.41) is 3.19. The molecule has 6 heteroatoms. The molecule has 1 unspecified atom stereocenters. The van der Waals surface area contributed by atoms with Gasteiger partial charge in [-0.1, -0.05) is 6.92 Å². The molecule has 1 aliphatic heterocycles. The van der Waals surface area contributed by atoms with E-state index in [4.69, 9.17) is 0 Å². The first-order valence-electron chi connectivity index (χ1n) is 5.83. The summed E-state index contributed by atoms with van der Waals surface area (Å²) in [4.78, 5) is 1.11. The number of likely N-dealkylation sites (N-methyl/N-ethyl adjacent to an activating group) is 1. The Kier molecular flexibility index (Phi) is 3.87. The van der Waals surface area contributed by atoms with Crippen molar-refractivity contribution >= 4 is 21.4 Å². The number of aryl methyl sites for hydroxylation is 1. The molecule has 0 saturated carbocycles. The Balaban J connectivity index is 2.22. The fourth-order valence-electron chi connectivity index (χ4n) is 1.97. The average molecular weight is 274 g/mol. The van der Waals surface area contributed by atoms with E-state index in [1.807, 2.05) is 13.0 Å². The minimum Gasteiger partial charge on any atom is -0.315 e. The van der Waals surface area contributed by atoms with Crippen LogP contribution in [0.25, 0.3) is 0 Å². The van der Waals surface area contributed by atoms with Crippen LogP contribution < -0.4 is 5.32 Å². The molecule has 1 atom stereocenters. The van der Waals surface area contributed by atoms with Crippen LogP contribution in [0.3, 0.4) is 0 Å². The normalized spacial score (nSPS) is 21.2. The molecule has 96 valence electrons. The van der Waals surface area contributed by atoms with Gasteiger partial charge in [-0.3, -0.25) is 0 Å². The monoisotopic (exact) mass is 274 g/mol. The number of nitrogens with one attached hydrogen (secondary N) is 1. The van der Waals surface area contributed by atoms with E-state index in [0.717, 1.165) is 30.8 Å². The minimum atomic E-state index is -3.30. The molecule has 0 aliphatic carbocycles. The van der Waals surface area contributed by atoms with Crippen LogP contribution in [0.4, 0.5) is 0 Å². The molecule has 0 aromatic carbocycles. The highest BCUT2D eigenvalue weighted by atomic mass is 32.2. The SMILES string of the molecule is CCc1ccc(S(=O)(=O)N(C)C2CCNC2)s1. The summed E-state index contributed by atoms with van der Waals surface area (Å²) in [5.41, 5.74) is 0. The summed E-state index contributed by atoms with van der Waals surface area (Å²) >= 11 is 1.38. The van der Waals surface area contributed by atoms with Crippen molar-refractivity contribution in [3.05, 3.63) is 17.0 Å². The molecule has 2 rings (SSSR count). The highest BCUT2D eigenvalue weighted by Gasteiger charge is 2.30. The third kappa shape index (κ3) is 2.54. The summed E-state index contributed by atoms with van der Waals surface area (Å²) < 4.78 is 26.7. The Hall–Kier alpha value is -0.430. The van der Waals surface area contributed by atoms with Crippen LogP contribution in [-0.4, -0.2) is 38.9 Å². The van der Waals surface area contributed by atoms with Crippen LogP contribution in [0.15, 0.2) is 16.3 Å². The molecule has 1 N–H and O–H groups in total. The molecular weight excluding hydrogens is 256 g/mol. The van der Waals surface area contributed by atoms with Crippen LogP contribution >= 0.6 is 11.3 Å². The van der Waals surface area contributed by atoms with Crippen LogP contribution in [0.2, 0.25) is 0 Å². The lowest BCUT2D eigenvalue weighted by atomic mass is 10.3. The van der Waals surface area contributed by atoms with E-state index >= 15 is 0 Å². The molecule has 0 amide bonds. The average Bonchev–Trinajstić information content (AvgIpc) is 2.98. The Morgan fingerprint density at radius 1 is 1.53 bits per heavy atom. The summed E-state index contributed by atoms with van der Waals surface area (Å²) in [6.45, 7) is 3.68. The second-order valence-corrected chi connectivity index (χ2v) is 7.63. The maximum atomic E-state index is 12.4. The summed E-state index contributed by atoms with van der Waals surface area (Å²) in [7, 11) is -1.62. The number of sulfonamides is 1. The second-order valence-electron chi connectivity index (χ2n) is 4.24. The van der Waals surface area contributed by atoms with Gasteiger partial charge in [-0.05, 0) is 31.5 Å². The van der Waals surface area contributed by atoms with Crippen molar-refractivity contribution in [1.82, 2.24) is 9.62 Å². The van der Waals surface area contributed by atoms with Gasteiger partial charge in [-0.15, -0.1) is 11.3 Å². The Morgan fingerprint density at radius 3 is 2.82 bits per heavy atom. The van der Waals surface area contributed by atoms with E-state index in [9.17, 15) is 8.42 Å². The molecule has 1 aromatic heterocycles. The second kappa shape index (κ2) is 5.06. The molecule has 0 spiro atoms. The van der Waals surface area contributed by atoms with Crippen LogP contribution in [0, 0.1) is 0 Å². The van der Waals surface area contributed by atoms with Crippen LogP contribution in [0.5, 0.6) is 0 Å². The van der Waals surface area contributed by atoms with Gasteiger partial charge in [0, 0.05) is 24.5 Å². The Bertz CT molecular complexity index is 475. The first kappa shape index (κ1) is 13.0. The lowest BCUT2D eigenvalue weighted by Gasteiger charge is -2.22. The Morgan fingerprint density at radius 2 is 2.29 bits per heavy atom. The van der Waals surface area contributed by atoms with E-state index in [-0.39, 0.29) is 6.04 Å². The van der Waals surface area contributed by atoms with Gasteiger partial charge in [0.25, 0.3) is 10.0 Å². The summed E-state index contributed by atoms with van der Waals surface area (Å²) in [5.74, 6) is 0. The van der Waals surface area contributed by atoms with Crippen molar-refractivity contribution in [3.63, 3.8) is 0 Å². The molecule has 0 bridgehead atoms. The molecule has 17 heavy (non-hydrogen) atoms. The molecule has 4 nitrogen and oxygen atoms in total. The van der Waals surface area contributed by atoms with Crippen LogP contribution in [0.1, 0.15) is 18.2 Å². The molecule has 1 saturated heterocycles. The van der Waals surface area contributed by atoms with E-state index < -0.39 is 10.0 Å². The van der Waals surface area contributed by atoms with Crippen molar-refractivity contribution in [2.75, 3.05) is 20.1 Å². The smallest absolute Gasteiger partial charge is 0.252 e. The van der Waals surface area contributed by atoms with Gasteiger partial charge >= 0.3 is 0 Å². The van der Waals surface area contributed by atoms with Crippen molar-refractivity contribution in [3.8, 4) is 0 Å². The summed E-state index contributed by atoms with van der Waals surface area (Å²) in [6.07, 6.45) is 1.77.